The van der Waals surface area contributed by atoms with Crippen LogP contribution in [-0.4, -0.2) is 32.7 Å². The Morgan fingerprint density at radius 3 is 2.06 bits per heavy atom. The quantitative estimate of drug-likeness (QED) is 0.404. The lowest BCUT2D eigenvalue weighted by atomic mass is 10.1. The van der Waals surface area contributed by atoms with Crippen molar-refractivity contribution in [3.05, 3.63) is 0 Å². The third kappa shape index (κ3) is 9.13. The fourth-order valence-corrected chi connectivity index (χ4v) is 1.63. The zero-order chi connectivity index (χ0) is 12.2. The Kier molecular flexibility index (Phi) is 11.3. The minimum absolute atomic E-state index is 0.100. The van der Waals surface area contributed by atoms with E-state index in [2.05, 4.69) is 13.8 Å². The molecule has 0 saturated heterocycles. The lowest BCUT2D eigenvalue weighted by Crippen LogP contribution is -2.20. The highest BCUT2D eigenvalue weighted by molar-refractivity contribution is 4.50. The van der Waals surface area contributed by atoms with E-state index in [1.807, 2.05) is 13.8 Å². The van der Waals surface area contributed by atoms with Gasteiger partial charge in [-0.25, -0.2) is 0 Å². The Labute approximate surface area is 100 Å². The lowest BCUT2D eigenvalue weighted by Gasteiger charge is -2.17. The largest absolute Gasteiger partial charge is 0.381 e. The molecule has 0 fully saturated rings. The van der Waals surface area contributed by atoms with E-state index in [4.69, 9.17) is 14.2 Å². The second-order valence-corrected chi connectivity index (χ2v) is 4.10. The first-order valence-electron chi connectivity index (χ1n) is 6.55. The van der Waals surface area contributed by atoms with E-state index in [9.17, 15) is 0 Å². The van der Waals surface area contributed by atoms with Crippen LogP contribution >= 0.6 is 0 Å². The SMILES string of the molecule is CCCC(C)COCCC(OCC)OCC. The van der Waals surface area contributed by atoms with Crippen molar-refractivity contribution in [1.29, 1.82) is 0 Å². The molecule has 0 aromatic rings. The van der Waals surface area contributed by atoms with E-state index in [1.54, 1.807) is 0 Å². The smallest absolute Gasteiger partial charge is 0.159 e. The van der Waals surface area contributed by atoms with Crippen molar-refractivity contribution in [2.24, 2.45) is 5.92 Å². The molecule has 0 amide bonds. The summed E-state index contributed by atoms with van der Waals surface area (Å²) in [5.41, 5.74) is 0. The Bertz CT molecular complexity index is 133. The van der Waals surface area contributed by atoms with Crippen LogP contribution < -0.4 is 0 Å². The third-order valence-corrected chi connectivity index (χ3v) is 2.39. The molecule has 0 aliphatic carbocycles. The van der Waals surface area contributed by atoms with Crippen molar-refractivity contribution in [1.82, 2.24) is 0 Å². The number of rotatable bonds is 11. The standard InChI is InChI=1S/C13H28O3/c1-5-8-12(4)11-14-10-9-13(15-6-2)16-7-3/h12-13H,5-11H2,1-4H3. The van der Waals surface area contributed by atoms with Gasteiger partial charge in [-0.2, -0.15) is 0 Å². The average Bonchev–Trinajstić information content (AvgIpc) is 2.25. The molecule has 0 spiro atoms. The van der Waals surface area contributed by atoms with Gasteiger partial charge in [-0.15, -0.1) is 0 Å². The van der Waals surface area contributed by atoms with Crippen molar-refractivity contribution in [3.8, 4) is 0 Å². The topological polar surface area (TPSA) is 27.7 Å². The molecule has 0 aromatic carbocycles. The molecule has 1 unspecified atom stereocenters. The highest BCUT2D eigenvalue weighted by Gasteiger charge is 2.08. The summed E-state index contributed by atoms with van der Waals surface area (Å²) in [6.45, 7) is 11.3. The minimum Gasteiger partial charge on any atom is -0.381 e. The fraction of sp³-hybridized carbons (Fsp3) is 1.00. The van der Waals surface area contributed by atoms with E-state index in [0.717, 1.165) is 19.6 Å². The first-order chi connectivity index (χ1) is 7.74. The molecule has 0 saturated carbocycles. The Balaban J connectivity index is 3.45. The summed E-state index contributed by atoms with van der Waals surface area (Å²) in [4.78, 5) is 0. The van der Waals surface area contributed by atoms with Gasteiger partial charge in [-0.1, -0.05) is 20.3 Å². The van der Waals surface area contributed by atoms with E-state index >= 15 is 0 Å². The van der Waals surface area contributed by atoms with Crippen LogP contribution in [0.25, 0.3) is 0 Å². The molecule has 3 nitrogen and oxygen atoms in total. The van der Waals surface area contributed by atoms with E-state index in [-0.39, 0.29) is 6.29 Å². The molecular weight excluding hydrogens is 204 g/mol. The maximum Gasteiger partial charge on any atom is 0.159 e. The highest BCUT2D eigenvalue weighted by atomic mass is 16.7. The molecule has 98 valence electrons. The summed E-state index contributed by atoms with van der Waals surface area (Å²) in [7, 11) is 0. The minimum atomic E-state index is -0.100. The summed E-state index contributed by atoms with van der Waals surface area (Å²) in [6.07, 6.45) is 3.18. The van der Waals surface area contributed by atoms with Gasteiger partial charge in [0.2, 0.25) is 0 Å². The summed E-state index contributed by atoms with van der Waals surface area (Å²) < 4.78 is 16.5. The van der Waals surface area contributed by atoms with Crippen molar-refractivity contribution < 1.29 is 14.2 Å². The predicted octanol–water partition coefficient (Wildman–Crippen LogP) is 3.23. The van der Waals surface area contributed by atoms with Gasteiger partial charge in [-0.05, 0) is 26.2 Å². The number of hydrogen-bond acceptors (Lipinski definition) is 3. The van der Waals surface area contributed by atoms with E-state index in [0.29, 0.717) is 19.1 Å². The van der Waals surface area contributed by atoms with Crippen molar-refractivity contribution in [2.45, 2.75) is 53.2 Å². The van der Waals surface area contributed by atoms with Crippen molar-refractivity contribution in [2.75, 3.05) is 26.4 Å². The maximum atomic E-state index is 5.61. The first-order valence-corrected chi connectivity index (χ1v) is 6.55. The van der Waals surface area contributed by atoms with Gasteiger partial charge in [-0.3, -0.25) is 0 Å². The zero-order valence-corrected chi connectivity index (χ0v) is 11.3. The van der Waals surface area contributed by atoms with Crippen LogP contribution in [0, 0.1) is 5.92 Å². The van der Waals surface area contributed by atoms with Crippen molar-refractivity contribution >= 4 is 0 Å². The van der Waals surface area contributed by atoms with Gasteiger partial charge in [0.05, 0.1) is 6.61 Å². The van der Waals surface area contributed by atoms with E-state index < -0.39 is 0 Å². The highest BCUT2D eigenvalue weighted by Crippen LogP contribution is 2.06. The zero-order valence-electron chi connectivity index (χ0n) is 11.3. The molecule has 16 heavy (non-hydrogen) atoms. The predicted molar refractivity (Wildman–Crippen MR) is 66.5 cm³/mol. The molecule has 0 heterocycles. The van der Waals surface area contributed by atoms with Crippen LogP contribution in [0.5, 0.6) is 0 Å². The summed E-state index contributed by atoms with van der Waals surface area (Å²) >= 11 is 0. The van der Waals surface area contributed by atoms with Crippen LogP contribution in [0.1, 0.15) is 47.0 Å². The second-order valence-electron chi connectivity index (χ2n) is 4.10. The summed E-state index contributed by atoms with van der Waals surface area (Å²) in [5.74, 6) is 0.655. The summed E-state index contributed by atoms with van der Waals surface area (Å²) in [5, 5.41) is 0. The molecule has 0 rings (SSSR count). The number of hydrogen-bond donors (Lipinski definition) is 0. The van der Waals surface area contributed by atoms with Gasteiger partial charge < -0.3 is 14.2 Å². The van der Waals surface area contributed by atoms with Gasteiger partial charge >= 0.3 is 0 Å². The molecule has 1 atom stereocenters. The normalized spacial score (nSPS) is 13.3. The monoisotopic (exact) mass is 232 g/mol. The maximum absolute atomic E-state index is 5.61. The molecule has 0 aromatic heterocycles. The van der Waals surface area contributed by atoms with E-state index in [1.165, 1.54) is 12.8 Å². The number of ether oxygens (including phenoxy) is 3. The lowest BCUT2D eigenvalue weighted by molar-refractivity contribution is -0.147. The Hall–Kier alpha value is -0.120. The van der Waals surface area contributed by atoms with Gasteiger partial charge in [0.25, 0.3) is 0 Å². The van der Waals surface area contributed by atoms with Crippen LogP contribution in [0.4, 0.5) is 0 Å². The molecule has 3 heteroatoms. The molecular formula is C13H28O3. The van der Waals surface area contributed by atoms with Crippen molar-refractivity contribution in [3.63, 3.8) is 0 Å². The second kappa shape index (κ2) is 11.4. The van der Waals surface area contributed by atoms with Crippen LogP contribution in [-0.2, 0) is 14.2 Å². The molecule has 0 radical (unpaired) electrons. The Morgan fingerprint density at radius 2 is 1.56 bits per heavy atom. The van der Waals surface area contributed by atoms with Crippen LogP contribution in [0.15, 0.2) is 0 Å². The van der Waals surface area contributed by atoms with Gasteiger partial charge in [0.15, 0.2) is 6.29 Å². The van der Waals surface area contributed by atoms with Gasteiger partial charge in [0.1, 0.15) is 0 Å². The average molecular weight is 232 g/mol. The van der Waals surface area contributed by atoms with Crippen LogP contribution in [0.2, 0.25) is 0 Å². The first kappa shape index (κ1) is 15.9. The summed E-state index contributed by atoms with van der Waals surface area (Å²) in [6, 6.07) is 0. The molecule has 0 N–H and O–H groups in total. The fourth-order valence-electron chi connectivity index (χ4n) is 1.63. The molecule has 0 bridgehead atoms. The Morgan fingerprint density at radius 1 is 0.938 bits per heavy atom. The van der Waals surface area contributed by atoms with Gasteiger partial charge in [0, 0.05) is 26.2 Å². The molecule has 0 aliphatic rings. The van der Waals surface area contributed by atoms with Crippen LogP contribution in [0.3, 0.4) is 0 Å². The molecule has 0 aliphatic heterocycles. The third-order valence-electron chi connectivity index (χ3n) is 2.39.